The fraction of sp³-hybridized carbons (Fsp3) is 0.444. The quantitative estimate of drug-likeness (QED) is 0.580. The van der Waals surface area contributed by atoms with Gasteiger partial charge in [-0.15, -0.1) is 0 Å². The van der Waals surface area contributed by atoms with E-state index >= 15 is 0 Å². The second kappa shape index (κ2) is 3.61. The summed E-state index contributed by atoms with van der Waals surface area (Å²) in [5.74, 6) is 0. The Hall–Kier alpha value is -1.65. The van der Waals surface area contributed by atoms with Crippen LogP contribution in [0.2, 0.25) is 0 Å². The van der Waals surface area contributed by atoms with Crippen molar-refractivity contribution in [1.82, 2.24) is 4.98 Å². The average Bonchev–Trinajstić information content (AvgIpc) is 2.01. The van der Waals surface area contributed by atoms with E-state index in [1.54, 1.807) is 6.07 Å². The number of aromatic nitrogens is 1. The summed E-state index contributed by atoms with van der Waals surface area (Å²) in [6.45, 7) is 5.82. The van der Waals surface area contributed by atoms with Gasteiger partial charge in [0.25, 0.3) is 0 Å². The van der Waals surface area contributed by atoms with Crippen LogP contribution in [0.15, 0.2) is 18.5 Å². The number of pyridine rings is 1. The topological polar surface area (TPSA) is 68.1 Å². The molecule has 0 amide bonds. The summed E-state index contributed by atoms with van der Waals surface area (Å²) in [6.07, 6.45) is 2.77. The van der Waals surface area contributed by atoms with E-state index in [1.165, 1.54) is 12.4 Å². The van der Waals surface area contributed by atoms with Crippen LogP contribution in [-0.4, -0.2) is 15.4 Å². The van der Waals surface area contributed by atoms with Crippen LogP contribution in [-0.2, 0) is 0 Å². The van der Waals surface area contributed by atoms with Gasteiger partial charge in [0.05, 0.1) is 4.92 Å². The van der Waals surface area contributed by atoms with E-state index < -0.39 is 4.92 Å². The first-order chi connectivity index (χ1) is 6.40. The van der Waals surface area contributed by atoms with Gasteiger partial charge in [0.1, 0.15) is 11.9 Å². The van der Waals surface area contributed by atoms with Crippen molar-refractivity contribution in [1.29, 1.82) is 0 Å². The van der Waals surface area contributed by atoms with E-state index in [0.29, 0.717) is 5.69 Å². The Bertz CT molecular complexity index is 344. The molecule has 0 spiro atoms. The Labute approximate surface area is 82.3 Å². The van der Waals surface area contributed by atoms with Crippen LogP contribution in [0.25, 0.3) is 0 Å². The van der Waals surface area contributed by atoms with Crippen LogP contribution in [0.5, 0.6) is 0 Å². The molecule has 76 valence electrons. The zero-order valence-corrected chi connectivity index (χ0v) is 8.44. The highest BCUT2D eigenvalue weighted by Crippen LogP contribution is 2.24. The number of hydrogen-bond donors (Lipinski definition) is 1. The lowest BCUT2D eigenvalue weighted by molar-refractivity contribution is -0.384. The lowest BCUT2D eigenvalue weighted by Crippen LogP contribution is -2.26. The normalized spacial score (nSPS) is 11.1. The molecule has 0 atom stereocenters. The smallest absolute Gasteiger partial charge is 0.310 e. The minimum Gasteiger partial charge on any atom is -0.375 e. The Morgan fingerprint density at radius 3 is 2.64 bits per heavy atom. The lowest BCUT2D eigenvalue weighted by Gasteiger charge is -2.21. The fourth-order valence-corrected chi connectivity index (χ4v) is 1.04. The Balaban J connectivity index is 3.02. The van der Waals surface area contributed by atoms with Gasteiger partial charge < -0.3 is 5.32 Å². The Morgan fingerprint density at radius 1 is 1.50 bits per heavy atom. The van der Waals surface area contributed by atoms with Gasteiger partial charge >= 0.3 is 5.69 Å². The maximum Gasteiger partial charge on any atom is 0.310 e. The molecule has 0 aliphatic rings. The SMILES string of the molecule is CC(C)(C)Nc1ccncc1[N+](=O)[O-]. The van der Waals surface area contributed by atoms with E-state index in [0.717, 1.165) is 0 Å². The molecule has 0 saturated heterocycles. The van der Waals surface area contributed by atoms with Crippen molar-refractivity contribution in [2.75, 3.05) is 5.32 Å². The minimum atomic E-state index is -0.443. The summed E-state index contributed by atoms with van der Waals surface area (Å²) in [4.78, 5) is 13.9. The third-order valence-corrected chi connectivity index (χ3v) is 1.51. The molecule has 0 radical (unpaired) electrons. The molecule has 1 N–H and O–H groups in total. The summed E-state index contributed by atoms with van der Waals surface area (Å²) in [7, 11) is 0. The molecule has 5 heteroatoms. The third-order valence-electron chi connectivity index (χ3n) is 1.51. The van der Waals surface area contributed by atoms with Crippen LogP contribution < -0.4 is 5.32 Å². The van der Waals surface area contributed by atoms with E-state index in [-0.39, 0.29) is 11.2 Å². The van der Waals surface area contributed by atoms with Gasteiger partial charge in [-0.05, 0) is 26.8 Å². The number of hydrogen-bond acceptors (Lipinski definition) is 4. The molecule has 1 aromatic heterocycles. The van der Waals surface area contributed by atoms with Crippen molar-refractivity contribution in [3.63, 3.8) is 0 Å². The molecule has 1 aromatic rings. The standard InChI is InChI=1S/C9H13N3O2/c1-9(2,3)11-7-4-5-10-6-8(7)12(13)14/h4-6H,1-3H3,(H,10,11). The van der Waals surface area contributed by atoms with Gasteiger partial charge in [0, 0.05) is 11.7 Å². The summed E-state index contributed by atoms with van der Waals surface area (Å²) in [5, 5.41) is 13.7. The molecule has 0 unspecified atom stereocenters. The molecule has 0 aromatic carbocycles. The van der Waals surface area contributed by atoms with Gasteiger partial charge in [0.15, 0.2) is 0 Å². The first-order valence-corrected chi connectivity index (χ1v) is 4.27. The predicted molar refractivity (Wildman–Crippen MR) is 54.3 cm³/mol. The first-order valence-electron chi connectivity index (χ1n) is 4.27. The van der Waals surface area contributed by atoms with Crippen LogP contribution in [0.1, 0.15) is 20.8 Å². The fourth-order valence-electron chi connectivity index (χ4n) is 1.04. The number of anilines is 1. The lowest BCUT2D eigenvalue weighted by atomic mass is 10.1. The molecule has 0 saturated carbocycles. The van der Waals surface area contributed by atoms with Crippen molar-refractivity contribution < 1.29 is 4.92 Å². The Kier molecular flexibility index (Phi) is 2.69. The van der Waals surface area contributed by atoms with Crippen LogP contribution in [0, 0.1) is 10.1 Å². The Morgan fingerprint density at radius 2 is 2.14 bits per heavy atom. The van der Waals surface area contributed by atoms with Crippen LogP contribution in [0.4, 0.5) is 11.4 Å². The van der Waals surface area contributed by atoms with Crippen molar-refractivity contribution in [2.45, 2.75) is 26.3 Å². The molecule has 0 fully saturated rings. The highest BCUT2D eigenvalue weighted by Gasteiger charge is 2.17. The second-order valence-electron chi connectivity index (χ2n) is 4.02. The molecule has 5 nitrogen and oxygen atoms in total. The van der Waals surface area contributed by atoms with E-state index in [2.05, 4.69) is 10.3 Å². The summed E-state index contributed by atoms with van der Waals surface area (Å²) < 4.78 is 0. The largest absolute Gasteiger partial charge is 0.375 e. The molecular weight excluding hydrogens is 182 g/mol. The number of nitro groups is 1. The second-order valence-corrected chi connectivity index (χ2v) is 4.02. The van der Waals surface area contributed by atoms with Gasteiger partial charge in [0.2, 0.25) is 0 Å². The first kappa shape index (κ1) is 10.4. The van der Waals surface area contributed by atoms with Crippen LogP contribution >= 0.6 is 0 Å². The van der Waals surface area contributed by atoms with Gasteiger partial charge in [-0.2, -0.15) is 0 Å². The highest BCUT2D eigenvalue weighted by atomic mass is 16.6. The number of rotatable bonds is 2. The maximum absolute atomic E-state index is 10.6. The summed E-state index contributed by atoms with van der Waals surface area (Å²) in [6, 6.07) is 1.60. The monoisotopic (exact) mass is 195 g/mol. The molecule has 0 bridgehead atoms. The van der Waals surface area contributed by atoms with Crippen molar-refractivity contribution in [2.24, 2.45) is 0 Å². The van der Waals surface area contributed by atoms with E-state index in [9.17, 15) is 10.1 Å². The van der Waals surface area contributed by atoms with Gasteiger partial charge in [-0.3, -0.25) is 15.1 Å². The van der Waals surface area contributed by atoms with Gasteiger partial charge in [-0.25, -0.2) is 0 Å². The molecule has 14 heavy (non-hydrogen) atoms. The predicted octanol–water partition coefficient (Wildman–Crippen LogP) is 2.20. The zero-order valence-electron chi connectivity index (χ0n) is 8.44. The average molecular weight is 195 g/mol. The van der Waals surface area contributed by atoms with Crippen molar-refractivity contribution in [3.8, 4) is 0 Å². The summed E-state index contributed by atoms with van der Waals surface area (Å²) in [5.41, 5.74) is 0.298. The molecule has 0 aliphatic heterocycles. The minimum absolute atomic E-state index is 0.00225. The molecule has 1 heterocycles. The summed E-state index contributed by atoms with van der Waals surface area (Å²) >= 11 is 0. The van der Waals surface area contributed by atoms with E-state index in [1.807, 2.05) is 20.8 Å². The van der Waals surface area contributed by atoms with Gasteiger partial charge in [-0.1, -0.05) is 0 Å². The highest BCUT2D eigenvalue weighted by molar-refractivity contribution is 5.60. The maximum atomic E-state index is 10.6. The zero-order chi connectivity index (χ0) is 10.8. The number of nitrogens with zero attached hydrogens (tertiary/aromatic N) is 2. The molecule has 1 rings (SSSR count). The van der Waals surface area contributed by atoms with Crippen molar-refractivity contribution >= 4 is 11.4 Å². The molecular formula is C9H13N3O2. The number of nitrogens with one attached hydrogen (secondary N) is 1. The van der Waals surface area contributed by atoms with Crippen LogP contribution in [0.3, 0.4) is 0 Å². The molecule has 0 aliphatic carbocycles. The van der Waals surface area contributed by atoms with E-state index in [4.69, 9.17) is 0 Å². The van der Waals surface area contributed by atoms with Crippen molar-refractivity contribution in [3.05, 3.63) is 28.6 Å². The third kappa shape index (κ3) is 2.69.